The SMILES string of the molecule is CCC(=O)NCCSC1=C(C(=O)OCOC(=O)C(C)(C)C)N2C(=O)[C@H]([C@@H](C)O)[C@H]2C1. The molecule has 1 saturated heterocycles. The van der Waals surface area contributed by atoms with Crippen LogP contribution in [0.1, 0.15) is 47.5 Å². The Kier molecular flexibility index (Phi) is 7.93. The fraction of sp³-hybridized carbons (Fsp3) is 0.700. The minimum absolute atomic E-state index is 0.0653. The highest BCUT2D eigenvalue weighted by molar-refractivity contribution is 8.03. The van der Waals surface area contributed by atoms with Gasteiger partial charge in [-0.1, -0.05) is 6.92 Å². The zero-order chi connectivity index (χ0) is 22.6. The fourth-order valence-electron chi connectivity index (χ4n) is 3.26. The van der Waals surface area contributed by atoms with E-state index in [-0.39, 0.29) is 23.6 Å². The van der Waals surface area contributed by atoms with Crippen LogP contribution in [0.3, 0.4) is 0 Å². The summed E-state index contributed by atoms with van der Waals surface area (Å²) in [7, 11) is 0. The third kappa shape index (κ3) is 5.34. The quantitative estimate of drug-likeness (QED) is 0.236. The fourth-order valence-corrected chi connectivity index (χ4v) is 4.32. The summed E-state index contributed by atoms with van der Waals surface area (Å²) in [4.78, 5) is 50.4. The van der Waals surface area contributed by atoms with E-state index in [1.807, 2.05) is 0 Å². The molecule has 9 nitrogen and oxygen atoms in total. The van der Waals surface area contributed by atoms with E-state index in [9.17, 15) is 24.3 Å². The molecule has 2 amide bonds. The van der Waals surface area contributed by atoms with Crippen molar-refractivity contribution in [3.8, 4) is 0 Å². The lowest BCUT2D eigenvalue weighted by atomic mass is 9.83. The van der Waals surface area contributed by atoms with Gasteiger partial charge in [0.1, 0.15) is 5.70 Å². The molecule has 2 aliphatic rings. The van der Waals surface area contributed by atoms with Crippen LogP contribution in [0.2, 0.25) is 0 Å². The van der Waals surface area contributed by atoms with Crippen LogP contribution in [0.4, 0.5) is 0 Å². The van der Waals surface area contributed by atoms with Crippen molar-refractivity contribution >= 4 is 35.5 Å². The molecule has 0 saturated carbocycles. The van der Waals surface area contributed by atoms with Crippen LogP contribution in [0.25, 0.3) is 0 Å². The van der Waals surface area contributed by atoms with E-state index in [0.717, 1.165) is 0 Å². The van der Waals surface area contributed by atoms with Crippen LogP contribution in [0.5, 0.6) is 0 Å². The van der Waals surface area contributed by atoms with Gasteiger partial charge in [0.05, 0.1) is 23.5 Å². The summed E-state index contributed by atoms with van der Waals surface area (Å²) in [5.74, 6) is -1.71. The van der Waals surface area contributed by atoms with Gasteiger partial charge < -0.3 is 24.8 Å². The van der Waals surface area contributed by atoms with Crippen molar-refractivity contribution in [2.75, 3.05) is 19.1 Å². The van der Waals surface area contributed by atoms with E-state index < -0.39 is 36.2 Å². The van der Waals surface area contributed by atoms with E-state index in [0.29, 0.717) is 30.0 Å². The number of carbonyl (C=O) groups excluding carboxylic acids is 4. The number of amides is 2. The van der Waals surface area contributed by atoms with Gasteiger partial charge in [0.25, 0.3) is 0 Å². The van der Waals surface area contributed by atoms with Gasteiger partial charge in [0.15, 0.2) is 0 Å². The van der Waals surface area contributed by atoms with Gasteiger partial charge in [-0.25, -0.2) is 4.79 Å². The second-order valence-electron chi connectivity index (χ2n) is 8.30. The van der Waals surface area contributed by atoms with Gasteiger partial charge in [-0.3, -0.25) is 14.4 Å². The molecule has 30 heavy (non-hydrogen) atoms. The molecular formula is C20H30N2O7S. The Morgan fingerprint density at radius 3 is 2.53 bits per heavy atom. The summed E-state index contributed by atoms with van der Waals surface area (Å²) in [5.41, 5.74) is -0.605. The van der Waals surface area contributed by atoms with Crippen molar-refractivity contribution in [1.29, 1.82) is 0 Å². The lowest BCUT2D eigenvalue weighted by Gasteiger charge is -2.44. The van der Waals surface area contributed by atoms with Crippen molar-refractivity contribution in [2.24, 2.45) is 11.3 Å². The average Bonchev–Trinajstić information content (AvgIpc) is 2.97. The summed E-state index contributed by atoms with van der Waals surface area (Å²) < 4.78 is 10.1. The summed E-state index contributed by atoms with van der Waals surface area (Å²) >= 11 is 1.36. The average molecular weight is 443 g/mol. The molecule has 10 heteroatoms. The van der Waals surface area contributed by atoms with Gasteiger partial charge in [-0.2, -0.15) is 0 Å². The normalized spacial score (nSPS) is 21.7. The second kappa shape index (κ2) is 9.82. The smallest absolute Gasteiger partial charge is 0.358 e. The van der Waals surface area contributed by atoms with E-state index >= 15 is 0 Å². The maximum absolute atomic E-state index is 12.7. The molecular weight excluding hydrogens is 412 g/mol. The molecule has 168 valence electrons. The van der Waals surface area contributed by atoms with Crippen LogP contribution in [-0.4, -0.2) is 65.0 Å². The van der Waals surface area contributed by atoms with E-state index in [4.69, 9.17) is 9.47 Å². The number of rotatable bonds is 9. The lowest BCUT2D eigenvalue weighted by Crippen LogP contribution is -2.61. The molecule has 0 aromatic carbocycles. The molecule has 0 unspecified atom stereocenters. The third-order valence-corrected chi connectivity index (χ3v) is 6.01. The summed E-state index contributed by atoms with van der Waals surface area (Å²) in [5, 5.41) is 12.6. The molecule has 0 aromatic heterocycles. The first-order chi connectivity index (χ1) is 14.0. The highest BCUT2D eigenvalue weighted by atomic mass is 32.2. The minimum atomic E-state index is -0.822. The number of ether oxygens (including phenoxy) is 2. The van der Waals surface area contributed by atoms with Crippen LogP contribution < -0.4 is 5.32 Å². The molecule has 0 bridgehead atoms. The Balaban J connectivity index is 2.04. The van der Waals surface area contributed by atoms with Gasteiger partial charge in [-0.15, -0.1) is 11.8 Å². The zero-order valence-corrected chi connectivity index (χ0v) is 18.8. The van der Waals surface area contributed by atoms with Gasteiger partial charge in [0.2, 0.25) is 18.6 Å². The van der Waals surface area contributed by atoms with Crippen molar-refractivity contribution in [3.63, 3.8) is 0 Å². The highest BCUT2D eigenvalue weighted by Gasteiger charge is 2.57. The molecule has 2 aliphatic heterocycles. The largest absolute Gasteiger partial charge is 0.427 e. The molecule has 0 aliphatic carbocycles. The first-order valence-corrected chi connectivity index (χ1v) is 11.0. The first kappa shape index (κ1) is 24.2. The Hall–Kier alpha value is -2.07. The topological polar surface area (TPSA) is 122 Å². The van der Waals surface area contributed by atoms with E-state index in [2.05, 4.69) is 5.32 Å². The minimum Gasteiger partial charge on any atom is -0.427 e. The summed E-state index contributed by atoms with van der Waals surface area (Å²) in [6.07, 6.45) is -0.00425. The van der Waals surface area contributed by atoms with E-state index in [1.54, 1.807) is 34.6 Å². The maximum Gasteiger partial charge on any atom is 0.358 e. The first-order valence-electron chi connectivity index (χ1n) is 9.97. The Labute approximate surface area is 180 Å². The number of aliphatic hydroxyl groups is 1. The predicted octanol–water partition coefficient (Wildman–Crippen LogP) is 1.16. The number of aliphatic hydroxyl groups excluding tert-OH is 1. The Morgan fingerprint density at radius 2 is 1.97 bits per heavy atom. The number of carbonyl (C=O) groups is 4. The molecule has 0 radical (unpaired) electrons. The molecule has 3 atom stereocenters. The van der Waals surface area contributed by atoms with Crippen molar-refractivity contribution in [1.82, 2.24) is 10.2 Å². The summed E-state index contributed by atoms with van der Waals surface area (Å²) in [6.45, 7) is 8.23. The number of nitrogens with one attached hydrogen (secondary N) is 1. The van der Waals surface area contributed by atoms with Crippen LogP contribution >= 0.6 is 11.8 Å². The molecule has 1 fully saturated rings. The standard InChI is InChI=1S/C20H30N2O7S/c1-6-14(24)21-7-8-30-13-9-12-15(11(2)23)17(25)22(12)16(13)18(26)28-10-29-19(27)20(3,4)5/h11-12,15,23H,6-10H2,1-5H3,(H,21,24)/t11-,12-,15-/m1/s1. The molecule has 2 heterocycles. The van der Waals surface area contributed by atoms with Crippen molar-refractivity contribution in [3.05, 3.63) is 10.6 Å². The monoisotopic (exact) mass is 442 g/mol. The molecule has 0 aromatic rings. The van der Waals surface area contributed by atoms with Gasteiger partial charge in [-0.05, 0) is 27.7 Å². The number of β-lactam (4-membered cyclic amide) rings is 1. The predicted molar refractivity (Wildman–Crippen MR) is 110 cm³/mol. The van der Waals surface area contributed by atoms with Crippen LogP contribution in [-0.2, 0) is 28.7 Å². The van der Waals surface area contributed by atoms with Crippen molar-refractivity contribution in [2.45, 2.75) is 59.6 Å². The Bertz CT molecular complexity index is 742. The van der Waals surface area contributed by atoms with Gasteiger partial charge in [0, 0.05) is 30.0 Å². The maximum atomic E-state index is 12.7. The molecule has 2 rings (SSSR count). The third-order valence-electron chi connectivity index (χ3n) is 4.90. The number of hydrogen-bond donors (Lipinski definition) is 2. The number of nitrogens with zero attached hydrogens (tertiary/aromatic N) is 1. The highest BCUT2D eigenvalue weighted by Crippen LogP contribution is 2.47. The van der Waals surface area contributed by atoms with Crippen LogP contribution in [0.15, 0.2) is 10.6 Å². The van der Waals surface area contributed by atoms with Crippen LogP contribution in [0, 0.1) is 11.3 Å². The second-order valence-corrected chi connectivity index (χ2v) is 9.49. The Morgan fingerprint density at radius 1 is 1.30 bits per heavy atom. The van der Waals surface area contributed by atoms with E-state index in [1.165, 1.54) is 16.7 Å². The molecule has 0 spiro atoms. The molecule has 2 N–H and O–H groups in total. The summed E-state index contributed by atoms with van der Waals surface area (Å²) in [6, 6.07) is -0.301. The number of fused-ring (bicyclic) bond motifs is 1. The number of thioether (sulfide) groups is 1. The zero-order valence-electron chi connectivity index (χ0n) is 18.0. The number of hydrogen-bond acceptors (Lipinski definition) is 8. The van der Waals surface area contributed by atoms with Crippen molar-refractivity contribution < 1.29 is 33.8 Å². The lowest BCUT2D eigenvalue weighted by molar-refractivity contribution is -0.175. The number of esters is 2. The van der Waals surface area contributed by atoms with Gasteiger partial charge >= 0.3 is 11.9 Å².